The smallest absolute Gasteiger partial charge is 0.209 e. The van der Waals surface area contributed by atoms with E-state index in [9.17, 15) is 4.79 Å². The number of hydrogen-bond acceptors (Lipinski definition) is 4. The first kappa shape index (κ1) is 13.8. The maximum atomic E-state index is 10.6. The van der Waals surface area contributed by atoms with Crippen LogP contribution in [0.2, 0.25) is 0 Å². The summed E-state index contributed by atoms with van der Waals surface area (Å²) >= 11 is 0. The number of carbonyl (C=O) groups excluding carboxylic acids is 1. The van der Waals surface area contributed by atoms with E-state index in [2.05, 4.69) is 22.0 Å². The zero-order chi connectivity index (χ0) is 12.8. The van der Waals surface area contributed by atoms with Crippen molar-refractivity contribution in [3.05, 3.63) is 0 Å². The van der Waals surface area contributed by atoms with Crippen molar-refractivity contribution in [2.75, 3.05) is 65.4 Å². The van der Waals surface area contributed by atoms with Crippen LogP contribution in [0.1, 0.15) is 6.92 Å². The first-order valence-corrected chi connectivity index (χ1v) is 7.12. The fraction of sp³-hybridized carbons (Fsp3) is 0.923. The quantitative estimate of drug-likeness (QED) is 0.659. The molecule has 0 aromatic carbocycles. The summed E-state index contributed by atoms with van der Waals surface area (Å²) < 4.78 is 0. The van der Waals surface area contributed by atoms with E-state index in [1.165, 1.54) is 19.6 Å². The summed E-state index contributed by atoms with van der Waals surface area (Å²) in [7, 11) is 0. The van der Waals surface area contributed by atoms with Gasteiger partial charge in [0.05, 0.1) is 0 Å². The first-order valence-electron chi connectivity index (χ1n) is 7.12. The third-order valence-corrected chi connectivity index (χ3v) is 3.91. The lowest BCUT2D eigenvalue weighted by Crippen LogP contribution is -2.49. The van der Waals surface area contributed by atoms with Gasteiger partial charge in [0.25, 0.3) is 0 Å². The van der Waals surface area contributed by atoms with Gasteiger partial charge in [-0.3, -0.25) is 9.69 Å². The maximum Gasteiger partial charge on any atom is 0.209 e. The zero-order valence-corrected chi connectivity index (χ0v) is 11.5. The molecule has 2 saturated heterocycles. The van der Waals surface area contributed by atoms with Gasteiger partial charge in [-0.25, -0.2) is 0 Å². The van der Waals surface area contributed by atoms with Crippen LogP contribution in [0.15, 0.2) is 0 Å². The highest BCUT2D eigenvalue weighted by atomic mass is 16.1. The molecule has 1 amide bonds. The highest BCUT2D eigenvalue weighted by Crippen LogP contribution is 2.07. The van der Waals surface area contributed by atoms with Crippen molar-refractivity contribution < 1.29 is 4.79 Å². The van der Waals surface area contributed by atoms with E-state index < -0.39 is 0 Å². The predicted octanol–water partition coefficient (Wildman–Crippen LogP) is -0.698. The van der Waals surface area contributed by atoms with Gasteiger partial charge in [0.2, 0.25) is 6.41 Å². The third kappa shape index (κ3) is 4.23. The van der Waals surface area contributed by atoms with Crippen molar-refractivity contribution >= 4 is 6.41 Å². The van der Waals surface area contributed by atoms with Gasteiger partial charge in [0.1, 0.15) is 0 Å². The average Bonchev–Trinajstić information content (AvgIpc) is 2.40. The summed E-state index contributed by atoms with van der Waals surface area (Å²) in [5.74, 6) is 0.714. The van der Waals surface area contributed by atoms with Crippen LogP contribution in [0.3, 0.4) is 0 Å². The highest BCUT2D eigenvalue weighted by Gasteiger charge is 2.19. The Labute approximate surface area is 110 Å². The van der Waals surface area contributed by atoms with Crippen molar-refractivity contribution in [3.8, 4) is 0 Å². The van der Waals surface area contributed by atoms with Crippen LogP contribution in [0.5, 0.6) is 0 Å². The zero-order valence-electron chi connectivity index (χ0n) is 11.5. The van der Waals surface area contributed by atoms with Gasteiger partial charge in [-0.05, 0) is 5.92 Å². The second-order valence-corrected chi connectivity index (χ2v) is 5.60. The largest absolute Gasteiger partial charge is 0.343 e. The van der Waals surface area contributed by atoms with Gasteiger partial charge in [0.15, 0.2) is 0 Å². The van der Waals surface area contributed by atoms with Gasteiger partial charge in [0, 0.05) is 65.4 Å². The van der Waals surface area contributed by atoms with Crippen LogP contribution >= 0.6 is 0 Å². The predicted molar refractivity (Wildman–Crippen MR) is 72.6 cm³/mol. The summed E-state index contributed by atoms with van der Waals surface area (Å²) in [6, 6.07) is 0. The summed E-state index contributed by atoms with van der Waals surface area (Å²) in [6.07, 6.45) is 0.974. The van der Waals surface area contributed by atoms with Crippen LogP contribution in [-0.2, 0) is 4.79 Å². The number of piperazine rings is 2. The van der Waals surface area contributed by atoms with E-state index in [0.717, 1.165) is 52.2 Å². The fourth-order valence-corrected chi connectivity index (χ4v) is 2.88. The van der Waals surface area contributed by atoms with Gasteiger partial charge in [-0.15, -0.1) is 0 Å². The molecule has 0 aliphatic carbocycles. The van der Waals surface area contributed by atoms with Crippen LogP contribution in [-0.4, -0.2) is 86.6 Å². The van der Waals surface area contributed by atoms with E-state index in [1.807, 2.05) is 4.90 Å². The van der Waals surface area contributed by atoms with E-state index in [-0.39, 0.29) is 0 Å². The molecule has 18 heavy (non-hydrogen) atoms. The molecular weight excluding hydrogens is 228 g/mol. The Balaban J connectivity index is 1.64. The minimum Gasteiger partial charge on any atom is -0.343 e. The Kier molecular flexibility index (Phi) is 5.41. The molecule has 0 saturated carbocycles. The van der Waals surface area contributed by atoms with Crippen LogP contribution in [0.25, 0.3) is 0 Å². The molecule has 2 aliphatic rings. The van der Waals surface area contributed by atoms with Crippen LogP contribution < -0.4 is 5.32 Å². The SMILES string of the molecule is CC(CN1CCNCC1)CN1CCN(C=O)CC1. The van der Waals surface area contributed by atoms with E-state index >= 15 is 0 Å². The fourth-order valence-electron chi connectivity index (χ4n) is 2.88. The Morgan fingerprint density at radius 1 is 1.00 bits per heavy atom. The Morgan fingerprint density at radius 2 is 1.56 bits per heavy atom. The molecule has 104 valence electrons. The van der Waals surface area contributed by atoms with E-state index in [1.54, 1.807) is 0 Å². The Morgan fingerprint density at radius 3 is 2.11 bits per heavy atom. The highest BCUT2D eigenvalue weighted by molar-refractivity contribution is 5.47. The molecule has 1 N–H and O–H groups in total. The topological polar surface area (TPSA) is 38.8 Å². The number of nitrogens with one attached hydrogen (secondary N) is 1. The Bertz CT molecular complexity index is 247. The van der Waals surface area contributed by atoms with Crippen molar-refractivity contribution in [1.29, 1.82) is 0 Å². The molecule has 0 bridgehead atoms. The second-order valence-electron chi connectivity index (χ2n) is 5.60. The lowest BCUT2D eigenvalue weighted by Gasteiger charge is -2.36. The number of rotatable bonds is 5. The molecule has 0 aromatic rings. The third-order valence-electron chi connectivity index (χ3n) is 3.91. The molecule has 2 heterocycles. The molecule has 0 radical (unpaired) electrons. The standard InChI is InChI=1S/C13H26N4O/c1-13(10-15-4-2-14-3-5-15)11-16-6-8-17(12-18)9-7-16/h12-14H,2-11H2,1H3. The van der Waals surface area contributed by atoms with Crippen molar-refractivity contribution in [3.63, 3.8) is 0 Å². The minimum absolute atomic E-state index is 0.714. The van der Waals surface area contributed by atoms with Gasteiger partial charge in [-0.2, -0.15) is 0 Å². The molecular formula is C13H26N4O. The molecule has 2 fully saturated rings. The molecule has 5 nitrogen and oxygen atoms in total. The molecule has 1 atom stereocenters. The second kappa shape index (κ2) is 7.07. The summed E-state index contributed by atoms with van der Waals surface area (Å²) in [4.78, 5) is 17.6. The molecule has 1 unspecified atom stereocenters. The molecule has 0 aromatic heterocycles. The number of amides is 1. The van der Waals surface area contributed by atoms with E-state index in [4.69, 9.17) is 0 Å². The number of nitrogens with zero attached hydrogens (tertiary/aromatic N) is 3. The monoisotopic (exact) mass is 254 g/mol. The lowest BCUT2D eigenvalue weighted by molar-refractivity contribution is -0.119. The summed E-state index contributed by atoms with van der Waals surface area (Å²) in [5, 5.41) is 3.39. The maximum absolute atomic E-state index is 10.6. The molecule has 2 rings (SSSR count). The molecule has 2 aliphatic heterocycles. The van der Waals surface area contributed by atoms with Gasteiger partial charge < -0.3 is 15.1 Å². The van der Waals surface area contributed by atoms with Crippen LogP contribution in [0.4, 0.5) is 0 Å². The Hall–Kier alpha value is -0.650. The van der Waals surface area contributed by atoms with Crippen LogP contribution in [0, 0.1) is 5.92 Å². The first-order chi connectivity index (χ1) is 8.78. The number of hydrogen-bond donors (Lipinski definition) is 1. The van der Waals surface area contributed by atoms with Gasteiger partial charge in [-0.1, -0.05) is 6.92 Å². The lowest BCUT2D eigenvalue weighted by atomic mass is 10.1. The van der Waals surface area contributed by atoms with Gasteiger partial charge >= 0.3 is 0 Å². The molecule has 5 heteroatoms. The van der Waals surface area contributed by atoms with E-state index in [0.29, 0.717) is 5.92 Å². The minimum atomic E-state index is 0.714. The normalized spacial score (nSPS) is 25.1. The van der Waals surface area contributed by atoms with Crippen molar-refractivity contribution in [2.45, 2.75) is 6.92 Å². The van der Waals surface area contributed by atoms with Crippen molar-refractivity contribution in [2.24, 2.45) is 5.92 Å². The van der Waals surface area contributed by atoms with Crippen molar-refractivity contribution in [1.82, 2.24) is 20.0 Å². The summed E-state index contributed by atoms with van der Waals surface area (Å²) in [5.41, 5.74) is 0. The average molecular weight is 254 g/mol. The number of carbonyl (C=O) groups is 1. The summed E-state index contributed by atoms with van der Waals surface area (Å²) in [6.45, 7) is 13.2. The molecule has 0 spiro atoms.